The average molecular weight is 252 g/mol. The van der Waals surface area contributed by atoms with Crippen LogP contribution in [0.3, 0.4) is 0 Å². The smallest absolute Gasteiger partial charge is 0.0249 e. The van der Waals surface area contributed by atoms with Gasteiger partial charge in [0.15, 0.2) is 0 Å². The number of hydrogen-bond acceptors (Lipinski definition) is 3. The Hall–Kier alpha value is -0.380. The molecule has 1 aliphatic rings. The largest absolute Gasteiger partial charge is 0.318 e. The van der Waals surface area contributed by atoms with Gasteiger partial charge in [-0.1, -0.05) is 13.8 Å². The molecule has 0 aliphatic heterocycles. The molecule has 1 aromatic rings. The number of rotatable bonds is 7. The van der Waals surface area contributed by atoms with Gasteiger partial charge in [-0.3, -0.25) is 4.90 Å². The maximum absolute atomic E-state index is 3.35. The third kappa shape index (κ3) is 3.54. The number of nitrogens with one attached hydrogen (secondary N) is 1. The lowest BCUT2D eigenvalue weighted by atomic mass is 10.0. The lowest BCUT2D eigenvalue weighted by molar-refractivity contribution is 0.136. The average Bonchev–Trinajstić information content (AvgIpc) is 3.01. The van der Waals surface area contributed by atoms with Gasteiger partial charge in [0.25, 0.3) is 0 Å². The van der Waals surface area contributed by atoms with Crippen molar-refractivity contribution in [3.63, 3.8) is 0 Å². The molecule has 2 rings (SSSR count). The first-order valence-corrected chi connectivity index (χ1v) is 7.58. The van der Waals surface area contributed by atoms with Crippen LogP contribution in [0.4, 0.5) is 0 Å². The maximum atomic E-state index is 3.35. The second-order valence-corrected chi connectivity index (χ2v) is 6.18. The minimum atomic E-state index is 0.660. The van der Waals surface area contributed by atoms with E-state index in [2.05, 4.69) is 47.9 Å². The van der Waals surface area contributed by atoms with Gasteiger partial charge in [-0.2, -0.15) is 11.3 Å². The first kappa shape index (κ1) is 13.1. The van der Waals surface area contributed by atoms with Gasteiger partial charge in [-0.05, 0) is 48.2 Å². The fourth-order valence-electron chi connectivity index (χ4n) is 2.46. The Balaban J connectivity index is 2.04. The van der Waals surface area contributed by atoms with Crippen molar-refractivity contribution in [3.8, 4) is 0 Å². The molecule has 1 heterocycles. The van der Waals surface area contributed by atoms with E-state index in [1.54, 1.807) is 11.3 Å². The molecule has 3 heteroatoms. The summed E-state index contributed by atoms with van der Waals surface area (Å²) in [6, 6.07) is 3.75. The molecule has 1 aromatic heterocycles. The van der Waals surface area contributed by atoms with Gasteiger partial charge in [-0.25, -0.2) is 0 Å². The summed E-state index contributed by atoms with van der Waals surface area (Å²) in [6.07, 6.45) is 2.77. The summed E-state index contributed by atoms with van der Waals surface area (Å²) in [4.78, 5) is 2.71. The molecule has 96 valence electrons. The quantitative estimate of drug-likeness (QED) is 0.802. The van der Waals surface area contributed by atoms with Crippen molar-refractivity contribution in [2.24, 2.45) is 5.92 Å². The fourth-order valence-corrected chi connectivity index (χ4v) is 3.12. The van der Waals surface area contributed by atoms with Crippen LogP contribution in [0.15, 0.2) is 16.8 Å². The van der Waals surface area contributed by atoms with Crippen LogP contribution < -0.4 is 5.32 Å². The van der Waals surface area contributed by atoms with Crippen LogP contribution >= 0.6 is 11.3 Å². The van der Waals surface area contributed by atoms with Crippen LogP contribution in [0.1, 0.15) is 32.3 Å². The highest BCUT2D eigenvalue weighted by Gasteiger charge is 2.34. The third-order valence-corrected chi connectivity index (χ3v) is 4.30. The number of thiophene rings is 1. The van der Waals surface area contributed by atoms with E-state index in [0.717, 1.165) is 19.1 Å². The Morgan fingerprint density at radius 3 is 2.71 bits per heavy atom. The molecule has 2 nitrogen and oxygen atoms in total. The lowest BCUT2D eigenvalue weighted by Gasteiger charge is -2.34. The van der Waals surface area contributed by atoms with Crippen molar-refractivity contribution in [2.45, 2.75) is 45.3 Å². The molecule has 0 spiro atoms. The molecule has 0 saturated heterocycles. The Kier molecular flexibility index (Phi) is 4.60. The van der Waals surface area contributed by atoms with Crippen molar-refractivity contribution in [1.82, 2.24) is 10.2 Å². The molecular weight excluding hydrogens is 228 g/mol. The molecule has 0 bridgehead atoms. The fraction of sp³-hybridized carbons (Fsp3) is 0.714. The van der Waals surface area contributed by atoms with Crippen molar-refractivity contribution < 1.29 is 0 Å². The molecule has 0 aromatic carbocycles. The van der Waals surface area contributed by atoms with E-state index in [-0.39, 0.29) is 0 Å². The zero-order valence-electron chi connectivity index (χ0n) is 11.1. The molecular formula is C14H24N2S. The second kappa shape index (κ2) is 5.98. The van der Waals surface area contributed by atoms with Crippen molar-refractivity contribution in [2.75, 3.05) is 13.6 Å². The summed E-state index contributed by atoms with van der Waals surface area (Å²) in [7, 11) is 2.06. The van der Waals surface area contributed by atoms with Gasteiger partial charge in [0.2, 0.25) is 0 Å². The summed E-state index contributed by atoms with van der Waals surface area (Å²) in [5, 5.41) is 7.82. The third-order valence-electron chi connectivity index (χ3n) is 3.57. The molecule has 0 amide bonds. The predicted octanol–water partition coefficient (Wildman–Crippen LogP) is 2.96. The van der Waals surface area contributed by atoms with Crippen LogP contribution in [0.5, 0.6) is 0 Å². The van der Waals surface area contributed by atoms with Gasteiger partial charge in [0.05, 0.1) is 0 Å². The van der Waals surface area contributed by atoms with E-state index in [9.17, 15) is 0 Å². The van der Waals surface area contributed by atoms with Crippen LogP contribution in [-0.4, -0.2) is 30.6 Å². The van der Waals surface area contributed by atoms with E-state index in [0.29, 0.717) is 12.0 Å². The van der Waals surface area contributed by atoms with Crippen molar-refractivity contribution in [3.05, 3.63) is 22.4 Å². The number of likely N-dealkylation sites (N-methyl/N-ethyl adjacent to an activating group) is 1. The Morgan fingerprint density at radius 2 is 2.24 bits per heavy atom. The Bertz CT molecular complexity index is 317. The highest BCUT2D eigenvalue weighted by atomic mass is 32.1. The molecule has 1 aliphatic carbocycles. The van der Waals surface area contributed by atoms with Crippen LogP contribution in [0.2, 0.25) is 0 Å². The van der Waals surface area contributed by atoms with E-state index >= 15 is 0 Å². The predicted molar refractivity (Wildman–Crippen MR) is 75.4 cm³/mol. The molecule has 1 N–H and O–H groups in total. The SMILES string of the molecule is CNCC(C(C)C)N(Cc1ccsc1)C1CC1. The standard InChI is InChI=1S/C14H24N2S/c1-11(2)14(8-15-3)16(13-4-5-13)9-12-6-7-17-10-12/h6-7,10-11,13-15H,4-5,8-9H2,1-3H3. The van der Waals surface area contributed by atoms with E-state index < -0.39 is 0 Å². The summed E-state index contributed by atoms with van der Waals surface area (Å²) in [5.74, 6) is 0.710. The zero-order chi connectivity index (χ0) is 12.3. The Morgan fingerprint density at radius 1 is 1.47 bits per heavy atom. The molecule has 1 saturated carbocycles. The maximum Gasteiger partial charge on any atom is 0.0249 e. The minimum absolute atomic E-state index is 0.660. The summed E-state index contributed by atoms with van der Waals surface area (Å²) < 4.78 is 0. The molecule has 0 radical (unpaired) electrons. The molecule has 1 unspecified atom stereocenters. The zero-order valence-corrected chi connectivity index (χ0v) is 12.0. The second-order valence-electron chi connectivity index (χ2n) is 5.40. The van der Waals surface area contributed by atoms with Gasteiger partial charge in [0, 0.05) is 25.2 Å². The highest BCUT2D eigenvalue weighted by Crippen LogP contribution is 2.32. The molecule has 1 fully saturated rings. The minimum Gasteiger partial charge on any atom is -0.318 e. The summed E-state index contributed by atoms with van der Waals surface area (Å²) >= 11 is 1.80. The number of hydrogen-bond donors (Lipinski definition) is 1. The molecule has 1 atom stereocenters. The van der Waals surface area contributed by atoms with Crippen LogP contribution in [0.25, 0.3) is 0 Å². The van der Waals surface area contributed by atoms with Gasteiger partial charge >= 0.3 is 0 Å². The number of nitrogens with zero attached hydrogens (tertiary/aromatic N) is 1. The van der Waals surface area contributed by atoms with E-state index in [1.807, 2.05) is 0 Å². The van der Waals surface area contributed by atoms with Crippen LogP contribution in [0, 0.1) is 5.92 Å². The highest BCUT2D eigenvalue weighted by molar-refractivity contribution is 7.07. The van der Waals surface area contributed by atoms with Gasteiger partial charge < -0.3 is 5.32 Å². The van der Waals surface area contributed by atoms with Crippen LogP contribution in [-0.2, 0) is 6.54 Å². The first-order chi connectivity index (χ1) is 8.22. The van der Waals surface area contributed by atoms with Gasteiger partial charge in [-0.15, -0.1) is 0 Å². The lowest BCUT2D eigenvalue weighted by Crippen LogP contribution is -2.45. The summed E-state index contributed by atoms with van der Waals surface area (Å²) in [5.41, 5.74) is 1.48. The molecule has 17 heavy (non-hydrogen) atoms. The normalized spacial score (nSPS) is 17.9. The van der Waals surface area contributed by atoms with Crippen molar-refractivity contribution >= 4 is 11.3 Å². The first-order valence-electron chi connectivity index (χ1n) is 6.63. The monoisotopic (exact) mass is 252 g/mol. The van der Waals surface area contributed by atoms with E-state index in [4.69, 9.17) is 0 Å². The van der Waals surface area contributed by atoms with Gasteiger partial charge in [0.1, 0.15) is 0 Å². The summed E-state index contributed by atoms with van der Waals surface area (Å²) in [6.45, 7) is 6.90. The topological polar surface area (TPSA) is 15.3 Å². The Labute approximate surface area is 109 Å². The van der Waals surface area contributed by atoms with Crippen molar-refractivity contribution in [1.29, 1.82) is 0 Å². The van der Waals surface area contributed by atoms with E-state index in [1.165, 1.54) is 18.4 Å².